The number of aliphatic hydroxyl groups is 1. The number of amides is 2. The number of ether oxygens (including phenoxy) is 1. The Labute approximate surface area is 259 Å². The van der Waals surface area contributed by atoms with Gasteiger partial charge < -0.3 is 25.8 Å². The summed E-state index contributed by atoms with van der Waals surface area (Å²) in [6.07, 6.45) is 1.93. The second-order valence-electron chi connectivity index (χ2n) is 11.6. The van der Waals surface area contributed by atoms with Crippen LogP contribution in [-0.4, -0.2) is 67.8 Å². The molecule has 0 saturated heterocycles. The molecular formula is C32H45F2N3O6S. The summed E-state index contributed by atoms with van der Waals surface area (Å²) in [5.74, 6) is -2.64. The van der Waals surface area contributed by atoms with E-state index in [2.05, 4.69) is 16.0 Å². The Bertz CT molecular complexity index is 1280. The zero-order chi connectivity index (χ0) is 32.1. The van der Waals surface area contributed by atoms with Crippen molar-refractivity contribution in [1.29, 1.82) is 0 Å². The van der Waals surface area contributed by atoms with E-state index in [-0.39, 0.29) is 25.1 Å². The van der Waals surface area contributed by atoms with Crippen molar-refractivity contribution in [3.8, 4) is 0 Å². The van der Waals surface area contributed by atoms with Crippen molar-refractivity contribution in [3.63, 3.8) is 0 Å². The molecule has 1 fully saturated rings. The molecule has 3 rings (SSSR count). The Morgan fingerprint density at radius 1 is 0.977 bits per heavy atom. The van der Waals surface area contributed by atoms with Crippen molar-refractivity contribution >= 4 is 21.8 Å². The number of carbonyl (C=O) groups excluding carboxylic acids is 2. The van der Waals surface area contributed by atoms with E-state index in [1.54, 1.807) is 24.3 Å². The molecule has 1 saturated carbocycles. The van der Waals surface area contributed by atoms with Crippen LogP contribution in [-0.2, 0) is 32.4 Å². The highest BCUT2D eigenvalue weighted by Crippen LogP contribution is 2.27. The van der Waals surface area contributed by atoms with Crippen molar-refractivity contribution in [2.24, 2.45) is 5.92 Å². The molecule has 2 aromatic carbocycles. The third-order valence-corrected chi connectivity index (χ3v) is 9.89. The molecule has 244 valence electrons. The van der Waals surface area contributed by atoms with Crippen LogP contribution in [0.3, 0.4) is 0 Å². The van der Waals surface area contributed by atoms with E-state index in [9.17, 15) is 31.9 Å². The molecule has 0 bridgehead atoms. The normalized spacial score (nSPS) is 15.4. The molecule has 1 unspecified atom stereocenters. The number of sulfone groups is 1. The average molecular weight is 638 g/mol. The third-order valence-electron chi connectivity index (χ3n) is 7.60. The minimum atomic E-state index is -3.85. The van der Waals surface area contributed by atoms with Gasteiger partial charge in [0.15, 0.2) is 9.84 Å². The number of hydrogen-bond donors (Lipinski definition) is 4. The van der Waals surface area contributed by atoms with Gasteiger partial charge in [-0.1, -0.05) is 57.0 Å². The maximum atomic E-state index is 14.0. The summed E-state index contributed by atoms with van der Waals surface area (Å²) in [7, 11) is -3.85. The summed E-state index contributed by atoms with van der Waals surface area (Å²) >= 11 is 0. The second kappa shape index (κ2) is 17.4. The van der Waals surface area contributed by atoms with Crippen molar-refractivity contribution in [1.82, 2.24) is 16.0 Å². The quantitative estimate of drug-likeness (QED) is 0.183. The van der Waals surface area contributed by atoms with Crippen LogP contribution < -0.4 is 16.0 Å². The Morgan fingerprint density at radius 3 is 2.20 bits per heavy atom. The van der Waals surface area contributed by atoms with Crippen molar-refractivity contribution in [2.75, 3.05) is 18.8 Å². The van der Waals surface area contributed by atoms with Gasteiger partial charge in [0.05, 0.1) is 23.1 Å². The summed E-state index contributed by atoms with van der Waals surface area (Å²) < 4.78 is 60.1. The number of aliphatic hydroxyl groups excluding tert-OH is 1. The number of alkyl carbamates (subject to hydrolysis) is 1. The minimum absolute atomic E-state index is 0.0871. The van der Waals surface area contributed by atoms with Gasteiger partial charge in [0.25, 0.3) is 0 Å². The lowest BCUT2D eigenvalue weighted by atomic mass is 10.00. The fourth-order valence-corrected chi connectivity index (χ4v) is 7.22. The van der Waals surface area contributed by atoms with Crippen LogP contribution in [0.2, 0.25) is 0 Å². The lowest BCUT2D eigenvalue weighted by Gasteiger charge is -2.28. The third kappa shape index (κ3) is 12.1. The van der Waals surface area contributed by atoms with Crippen LogP contribution >= 0.6 is 0 Å². The number of hydrogen-bond acceptors (Lipinski definition) is 7. The van der Waals surface area contributed by atoms with E-state index in [1.165, 1.54) is 0 Å². The van der Waals surface area contributed by atoms with Crippen LogP contribution in [0.5, 0.6) is 0 Å². The maximum Gasteiger partial charge on any atom is 0.408 e. The minimum Gasteiger partial charge on any atom is -0.445 e. The molecule has 0 aliphatic heterocycles. The zero-order valence-electron chi connectivity index (χ0n) is 25.4. The zero-order valence-corrected chi connectivity index (χ0v) is 26.3. The first-order valence-electron chi connectivity index (χ1n) is 15.3. The first kappa shape index (κ1) is 35.4. The maximum absolute atomic E-state index is 14.0. The molecule has 0 radical (unpaired) electrons. The second-order valence-corrected chi connectivity index (χ2v) is 13.9. The van der Waals surface area contributed by atoms with Gasteiger partial charge in [-0.25, -0.2) is 22.0 Å². The van der Waals surface area contributed by atoms with Crippen molar-refractivity contribution < 1.29 is 36.6 Å². The Morgan fingerprint density at radius 2 is 1.61 bits per heavy atom. The predicted octanol–water partition coefficient (Wildman–Crippen LogP) is 4.03. The molecule has 2 aromatic rings. The Kier molecular flexibility index (Phi) is 14.0. The lowest BCUT2D eigenvalue weighted by Crippen LogP contribution is -2.57. The molecule has 2 amide bonds. The van der Waals surface area contributed by atoms with E-state index >= 15 is 0 Å². The van der Waals surface area contributed by atoms with Gasteiger partial charge in [-0.05, 0) is 67.8 Å². The van der Waals surface area contributed by atoms with Crippen LogP contribution in [0.4, 0.5) is 13.6 Å². The fraction of sp³-hybridized carbons (Fsp3) is 0.562. The number of halogens is 2. The number of carbonyl (C=O) groups is 2. The van der Waals surface area contributed by atoms with E-state index in [0.717, 1.165) is 31.0 Å². The molecule has 9 nitrogen and oxygen atoms in total. The monoisotopic (exact) mass is 637 g/mol. The smallest absolute Gasteiger partial charge is 0.408 e. The highest BCUT2D eigenvalue weighted by molar-refractivity contribution is 7.92. The molecule has 0 heterocycles. The molecule has 0 spiro atoms. The van der Waals surface area contributed by atoms with Gasteiger partial charge in [0, 0.05) is 12.6 Å². The van der Waals surface area contributed by atoms with E-state index in [1.807, 2.05) is 19.9 Å². The van der Waals surface area contributed by atoms with Crippen molar-refractivity contribution in [2.45, 2.75) is 88.8 Å². The van der Waals surface area contributed by atoms with Crippen LogP contribution in [0.15, 0.2) is 48.5 Å². The van der Waals surface area contributed by atoms with Crippen molar-refractivity contribution in [3.05, 3.63) is 71.3 Å². The molecule has 1 aliphatic carbocycles. The number of rotatable bonds is 19. The summed E-state index contributed by atoms with van der Waals surface area (Å²) in [6.45, 7) is 4.42. The number of benzene rings is 2. The molecular weight excluding hydrogens is 592 g/mol. The van der Waals surface area contributed by atoms with E-state index in [4.69, 9.17) is 4.74 Å². The lowest BCUT2D eigenvalue weighted by molar-refractivity contribution is -0.124. The van der Waals surface area contributed by atoms with Crippen LogP contribution in [0, 0.1) is 17.6 Å². The van der Waals surface area contributed by atoms with E-state index in [0.29, 0.717) is 43.7 Å². The number of nitrogens with one attached hydrogen (secondary N) is 3. The van der Waals surface area contributed by atoms with Gasteiger partial charge in [0.1, 0.15) is 24.3 Å². The molecule has 44 heavy (non-hydrogen) atoms. The van der Waals surface area contributed by atoms with Gasteiger partial charge in [0.2, 0.25) is 5.91 Å². The van der Waals surface area contributed by atoms with Gasteiger partial charge >= 0.3 is 6.09 Å². The van der Waals surface area contributed by atoms with Gasteiger partial charge in [-0.3, -0.25) is 4.79 Å². The Balaban J connectivity index is 1.81. The molecule has 12 heteroatoms. The summed E-state index contributed by atoms with van der Waals surface area (Å²) in [5, 5.41) is 18.5. The first-order chi connectivity index (χ1) is 21.0. The first-order valence-corrected chi connectivity index (χ1v) is 17.0. The largest absolute Gasteiger partial charge is 0.445 e. The molecule has 1 aliphatic rings. The van der Waals surface area contributed by atoms with E-state index < -0.39 is 62.7 Å². The predicted molar refractivity (Wildman–Crippen MR) is 165 cm³/mol. The highest BCUT2D eigenvalue weighted by Gasteiger charge is 2.34. The SMILES string of the molecule is CCCC(CCC)S(=O)(=O)CC(NC(=O)OCc1ccccc1)C(=O)N[C@@H](Cc1cc(F)cc(F)c1)[C@H](O)CNCC1CC1. The van der Waals surface area contributed by atoms with Crippen LogP contribution in [0.25, 0.3) is 0 Å². The standard InChI is InChI=1S/C32H45F2N3O6S/c1-3-8-27(9-4-2)44(41,42)21-29(37-32(40)43-20-23-10-6-5-7-11-23)31(39)36-28(30(38)19-35-18-22-12-13-22)16-24-14-25(33)17-26(34)15-24/h5-7,10-11,14-15,17,22,27-30,35,38H,3-4,8-9,12-13,16,18-21H2,1-2H3,(H,36,39)(H,37,40)/t28-,29?,30+/m0/s1. The summed E-state index contributed by atoms with van der Waals surface area (Å²) in [5.41, 5.74) is 0.894. The topological polar surface area (TPSA) is 134 Å². The molecule has 4 N–H and O–H groups in total. The molecule has 0 aromatic heterocycles. The molecule has 3 atom stereocenters. The Hall–Kier alpha value is -3.09. The summed E-state index contributed by atoms with van der Waals surface area (Å²) in [4.78, 5) is 26.5. The van der Waals surface area contributed by atoms with Crippen LogP contribution in [0.1, 0.15) is 63.5 Å². The average Bonchev–Trinajstić information content (AvgIpc) is 3.79. The van der Waals surface area contributed by atoms with Gasteiger partial charge in [-0.2, -0.15) is 0 Å². The highest BCUT2D eigenvalue weighted by atomic mass is 32.2. The fourth-order valence-electron chi connectivity index (χ4n) is 5.05. The summed E-state index contributed by atoms with van der Waals surface area (Å²) in [6, 6.07) is 9.19. The van der Waals surface area contributed by atoms with Gasteiger partial charge in [-0.15, -0.1) is 0 Å².